The second-order valence-corrected chi connectivity index (χ2v) is 2.98. The van der Waals surface area contributed by atoms with Crippen molar-refractivity contribution in [1.29, 1.82) is 0 Å². The van der Waals surface area contributed by atoms with Crippen LogP contribution in [0.2, 0.25) is 0 Å². The van der Waals surface area contributed by atoms with E-state index >= 15 is 0 Å². The van der Waals surface area contributed by atoms with Crippen LogP contribution in [0.3, 0.4) is 0 Å². The minimum absolute atomic E-state index is 0.322. The van der Waals surface area contributed by atoms with E-state index in [0.717, 1.165) is 5.75 Å². The Morgan fingerprint density at radius 3 is 2.40 bits per heavy atom. The summed E-state index contributed by atoms with van der Waals surface area (Å²) in [5, 5.41) is 0. The SMILES string of the molecule is CCOCC(OCC)Oc1ccccc1. The number of para-hydroxylation sites is 1. The van der Waals surface area contributed by atoms with Crippen LogP contribution in [0.5, 0.6) is 5.75 Å². The van der Waals surface area contributed by atoms with Crippen LogP contribution in [-0.4, -0.2) is 26.1 Å². The molecule has 1 unspecified atom stereocenters. The summed E-state index contributed by atoms with van der Waals surface area (Å²) in [6.45, 7) is 5.63. The first-order valence-corrected chi connectivity index (χ1v) is 5.27. The first-order chi connectivity index (χ1) is 7.36. The fourth-order valence-corrected chi connectivity index (χ4v) is 1.17. The Morgan fingerprint density at radius 2 is 1.80 bits per heavy atom. The topological polar surface area (TPSA) is 27.7 Å². The van der Waals surface area contributed by atoms with Crippen molar-refractivity contribution >= 4 is 0 Å². The molecule has 0 N–H and O–H groups in total. The molecule has 3 nitrogen and oxygen atoms in total. The van der Waals surface area contributed by atoms with Gasteiger partial charge in [0.15, 0.2) is 0 Å². The van der Waals surface area contributed by atoms with Gasteiger partial charge in [-0.3, -0.25) is 0 Å². The van der Waals surface area contributed by atoms with Crippen LogP contribution in [0, 0.1) is 0 Å². The third kappa shape index (κ3) is 4.81. The molecule has 1 aromatic carbocycles. The fraction of sp³-hybridized carbons (Fsp3) is 0.500. The largest absolute Gasteiger partial charge is 0.462 e. The average Bonchev–Trinajstić information content (AvgIpc) is 2.28. The molecule has 0 spiro atoms. The van der Waals surface area contributed by atoms with Gasteiger partial charge in [-0.1, -0.05) is 18.2 Å². The van der Waals surface area contributed by atoms with Crippen molar-refractivity contribution in [3.8, 4) is 5.75 Å². The summed E-state index contributed by atoms with van der Waals surface area (Å²) in [6, 6.07) is 9.61. The molecule has 0 radical (unpaired) electrons. The molecule has 1 atom stereocenters. The Morgan fingerprint density at radius 1 is 1.07 bits per heavy atom. The van der Waals surface area contributed by atoms with Gasteiger partial charge in [-0.15, -0.1) is 0 Å². The highest BCUT2D eigenvalue weighted by atomic mass is 16.7. The van der Waals surface area contributed by atoms with Crippen molar-refractivity contribution in [3.05, 3.63) is 30.3 Å². The maximum absolute atomic E-state index is 5.61. The lowest BCUT2D eigenvalue weighted by molar-refractivity contribution is -0.116. The monoisotopic (exact) mass is 210 g/mol. The van der Waals surface area contributed by atoms with E-state index in [1.807, 2.05) is 44.2 Å². The fourth-order valence-electron chi connectivity index (χ4n) is 1.17. The van der Waals surface area contributed by atoms with Crippen molar-refractivity contribution in [2.24, 2.45) is 0 Å². The standard InChI is InChI=1S/C12H18O3/c1-3-13-10-12(14-4-2)15-11-8-6-5-7-9-11/h5-9,12H,3-4,10H2,1-2H3. The molecule has 0 heterocycles. The van der Waals surface area contributed by atoms with Gasteiger partial charge in [0.1, 0.15) is 12.4 Å². The molecule has 0 aromatic heterocycles. The van der Waals surface area contributed by atoms with Crippen molar-refractivity contribution in [2.75, 3.05) is 19.8 Å². The van der Waals surface area contributed by atoms with E-state index in [9.17, 15) is 0 Å². The minimum atomic E-state index is -0.322. The Bertz CT molecular complexity index is 248. The first-order valence-electron chi connectivity index (χ1n) is 5.27. The van der Waals surface area contributed by atoms with Crippen molar-refractivity contribution < 1.29 is 14.2 Å². The van der Waals surface area contributed by atoms with Crippen molar-refractivity contribution in [3.63, 3.8) is 0 Å². The summed E-state index contributed by atoms with van der Waals surface area (Å²) in [5.74, 6) is 0.802. The normalized spacial score (nSPS) is 12.4. The summed E-state index contributed by atoms with van der Waals surface area (Å²) in [4.78, 5) is 0. The van der Waals surface area contributed by atoms with E-state index in [1.165, 1.54) is 0 Å². The first kappa shape index (κ1) is 12.0. The molecule has 0 aliphatic rings. The zero-order valence-electron chi connectivity index (χ0n) is 9.31. The highest BCUT2D eigenvalue weighted by Gasteiger charge is 2.09. The van der Waals surface area contributed by atoms with E-state index in [-0.39, 0.29) is 6.29 Å². The Kier molecular flexibility index (Phi) is 5.81. The van der Waals surface area contributed by atoms with E-state index in [4.69, 9.17) is 14.2 Å². The Labute approximate surface area is 91.0 Å². The number of ether oxygens (including phenoxy) is 3. The van der Waals surface area contributed by atoms with Gasteiger partial charge in [-0.25, -0.2) is 0 Å². The van der Waals surface area contributed by atoms with Crippen LogP contribution >= 0.6 is 0 Å². The zero-order valence-corrected chi connectivity index (χ0v) is 9.31. The summed E-state index contributed by atoms with van der Waals surface area (Å²) in [5.41, 5.74) is 0. The molecule has 0 aliphatic heterocycles. The summed E-state index contributed by atoms with van der Waals surface area (Å²) in [6.07, 6.45) is -0.322. The number of benzene rings is 1. The maximum atomic E-state index is 5.61. The number of hydrogen-bond acceptors (Lipinski definition) is 3. The molecular weight excluding hydrogens is 192 g/mol. The third-order valence-corrected chi connectivity index (χ3v) is 1.82. The van der Waals surface area contributed by atoms with E-state index < -0.39 is 0 Å². The lowest BCUT2D eigenvalue weighted by atomic mass is 10.3. The molecule has 3 heteroatoms. The molecule has 1 rings (SSSR count). The van der Waals surface area contributed by atoms with Crippen LogP contribution in [-0.2, 0) is 9.47 Å². The number of hydrogen-bond donors (Lipinski definition) is 0. The quantitative estimate of drug-likeness (QED) is 0.647. The highest BCUT2D eigenvalue weighted by Crippen LogP contribution is 2.11. The van der Waals surface area contributed by atoms with Gasteiger partial charge < -0.3 is 14.2 Å². The van der Waals surface area contributed by atoms with Gasteiger partial charge in [-0.05, 0) is 26.0 Å². The smallest absolute Gasteiger partial charge is 0.223 e. The average molecular weight is 210 g/mol. The van der Waals surface area contributed by atoms with Gasteiger partial charge in [0.05, 0.1) is 0 Å². The molecular formula is C12H18O3. The molecule has 0 bridgehead atoms. The van der Waals surface area contributed by atoms with E-state index in [1.54, 1.807) is 0 Å². The Balaban J connectivity index is 2.43. The van der Waals surface area contributed by atoms with Crippen molar-refractivity contribution in [2.45, 2.75) is 20.1 Å². The molecule has 84 valence electrons. The van der Waals surface area contributed by atoms with Crippen molar-refractivity contribution in [1.82, 2.24) is 0 Å². The van der Waals surface area contributed by atoms with Crippen LogP contribution < -0.4 is 4.74 Å². The molecule has 0 saturated carbocycles. The van der Waals surface area contributed by atoms with Crippen LogP contribution in [0.15, 0.2) is 30.3 Å². The summed E-state index contributed by atoms with van der Waals surface area (Å²) < 4.78 is 16.3. The second-order valence-electron chi connectivity index (χ2n) is 2.98. The van der Waals surface area contributed by atoms with E-state index in [0.29, 0.717) is 19.8 Å². The lowest BCUT2D eigenvalue weighted by Crippen LogP contribution is -2.26. The number of rotatable bonds is 7. The highest BCUT2D eigenvalue weighted by molar-refractivity contribution is 5.20. The Hall–Kier alpha value is -1.06. The molecule has 0 fully saturated rings. The predicted octanol–water partition coefficient (Wildman–Crippen LogP) is 2.46. The third-order valence-electron chi connectivity index (χ3n) is 1.82. The molecule has 0 saturated heterocycles. The molecule has 15 heavy (non-hydrogen) atoms. The summed E-state index contributed by atoms with van der Waals surface area (Å²) in [7, 11) is 0. The zero-order chi connectivity index (χ0) is 10.9. The molecule has 1 aromatic rings. The maximum Gasteiger partial charge on any atom is 0.223 e. The van der Waals surface area contributed by atoms with Gasteiger partial charge in [0, 0.05) is 13.2 Å². The van der Waals surface area contributed by atoms with Gasteiger partial charge in [0.2, 0.25) is 6.29 Å². The van der Waals surface area contributed by atoms with Gasteiger partial charge in [0.25, 0.3) is 0 Å². The van der Waals surface area contributed by atoms with E-state index in [2.05, 4.69) is 0 Å². The summed E-state index contributed by atoms with van der Waals surface area (Å²) >= 11 is 0. The van der Waals surface area contributed by atoms with Crippen LogP contribution in [0.1, 0.15) is 13.8 Å². The van der Waals surface area contributed by atoms with Gasteiger partial charge in [-0.2, -0.15) is 0 Å². The molecule has 0 aliphatic carbocycles. The lowest BCUT2D eigenvalue weighted by Gasteiger charge is -2.18. The van der Waals surface area contributed by atoms with Gasteiger partial charge >= 0.3 is 0 Å². The van der Waals surface area contributed by atoms with Crippen LogP contribution in [0.4, 0.5) is 0 Å². The predicted molar refractivity (Wildman–Crippen MR) is 59.0 cm³/mol. The van der Waals surface area contributed by atoms with Crippen LogP contribution in [0.25, 0.3) is 0 Å². The minimum Gasteiger partial charge on any atom is -0.462 e. The second kappa shape index (κ2) is 7.26. The molecule has 0 amide bonds.